The van der Waals surface area contributed by atoms with Gasteiger partial charge in [-0.1, -0.05) is 6.07 Å². The molecule has 1 fully saturated rings. The Morgan fingerprint density at radius 2 is 1.79 bits per heavy atom. The number of piperidine rings is 1. The molecule has 33 heavy (non-hydrogen) atoms. The van der Waals surface area contributed by atoms with Crippen LogP contribution in [0.1, 0.15) is 18.4 Å². The zero-order valence-corrected chi connectivity index (χ0v) is 18.8. The smallest absolute Gasteiger partial charge is 0.434 e. The van der Waals surface area contributed by atoms with Crippen molar-refractivity contribution in [1.29, 1.82) is 0 Å². The minimum absolute atomic E-state index is 0.124. The molecule has 0 radical (unpaired) electrons. The van der Waals surface area contributed by atoms with Crippen molar-refractivity contribution in [2.75, 3.05) is 24.2 Å². The molecule has 2 aromatic carbocycles. The third-order valence-electron chi connectivity index (χ3n) is 6.02. The third-order valence-corrected chi connectivity index (χ3v) is 6.76. The van der Waals surface area contributed by atoms with Crippen LogP contribution in [0.15, 0.2) is 70.8 Å². The molecule has 1 saturated heterocycles. The van der Waals surface area contributed by atoms with Crippen molar-refractivity contribution >= 4 is 39.6 Å². The number of benzene rings is 2. The Hall–Kier alpha value is -3.00. The first-order chi connectivity index (χ1) is 15.9. The molecule has 0 spiro atoms. The van der Waals surface area contributed by atoms with Gasteiger partial charge < -0.3 is 9.64 Å². The highest BCUT2D eigenvalue weighted by Gasteiger charge is 2.41. The summed E-state index contributed by atoms with van der Waals surface area (Å²) in [6.07, 6.45) is 2.48. The second kappa shape index (κ2) is 8.74. The van der Waals surface area contributed by atoms with Crippen molar-refractivity contribution in [2.24, 2.45) is 4.99 Å². The summed E-state index contributed by atoms with van der Waals surface area (Å²) in [5.41, 5.74) is 1.55. The first kappa shape index (κ1) is 21.8. The van der Waals surface area contributed by atoms with Crippen molar-refractivity contribution in [3.05, 3.63) is 66.5 Å². The number of aliphatic imine (C=N–C) groups is 1. The fourth-order valence-corrected chi connectivity index (χ4v) is 4.68. The monoisotopic (exact) mass is 469 g/mol. The normalized spacial score (nSPS) is 16.9. The molecule has 0 atom stereocenters. The lowest BCUT2D eigenvalue weighted by atomic mass is 9.96. The van der Waals surface area contributed by atoms with Crippen LogP contribution in [0.25, 0.3) is 16.5 Å². The van der Waals surface area contributed by atoms with Crippen LogP contribution in [0.3, 0.4) is 0 Å². The van der Waals surface area contributed by atoms with Gasteiger partial charge in [-0.3, -0.25) is 9.98 Å². The summed E-state index contributed by atoms with van der Waals surface area (Å²) >= 11 is 1.70. The maximum atomic E-state index is 13.1. The average molecular weight is 470 g/mol. The van der Waals surface area contributed by atoms with E-state index in [0.29, 0.717) is 5.56 Å². The lowest BCUT2D eigenvalue weighted by molar-refractivity contribution is -0.0576. The molecule has 0 aliphatic carbocycles. The van der Waals surface area contributed by atoms with E-state index in [1.165, 1.54) is 11.1 Å². The van der Waals surface area contributed by atoms with Crippen LogP contribution < -0.4 is 9.64 Å². The van der Waals surface area contributed by atoms with Crippen LogP contribution in [0.2, 0.25) is 0 Å². The first-order valence-corrected chi connectivity index (χ1v) is 12.0. The van der Waals surface area contributed by atoms with Gasteiger partial charge in [0.1, 0.15) is 11.9 Å². The Bertz CT molecular complexity index is 1230. The minimum atomic E-state index is -4.45. The summed E-state index contributed by atoms with van der Waals surface area (Å²) in [4.78, 5) is 11.3. The molecule has 170 valence electrons. The molecule has 0 N–H and O–H groups in total. The van der Waals surface area contributed by atoms with Crippen LogP contribution in [0, 0.1) is 0 Å². The Labute approximate surface area is 194 Å². The van der Waals surface area contributed by atoms with E-state index < -0.39 is 11.9 Å². The molecule has 8 heteroatoms. The standard InChI is InChI=1S/C25H22F3N3OS/c1-33-19-5-3-17(4-6-19)32-18-9-12-31(13-10-18)23-8-11-29-22-7-2-16(14-20(22)23)21-15-30-24(21)25(26,27)28/h2-8,11,14-15,18H,9-10,12-13H2,1H3. The summed E-state index contributed by atoms with van der Waals surface area (Å²) < 4.78 is 45.6. The van der Waals surface area contributed by atoms with Gasteiger partial charge in [0.15, 0.2) is 5.71 Å². The van der Waals surface area contributed by atoms with Gasteiger partial charge in [-0.25, -0.2) is 0 Å². The number of alkyl halides is 3. The highest BCUT2D eigenvalue weighted by molar-refractivity contribution is 7.98. The van der Waals surface area contributed by atoms with E-state index in [9.17, 15) is 13.2 Å². The number of hydrogen-bond donors (Lipinski definition) is 0. The van der Waals surface area contributed by atoms with Crippen molar-refractivity contribution in [1.82, 2.24) is 4.98 Å². The Kier molecular flexibility index (Phi) is 5.78. The van der Waals surface area contributed by atoms with Gasteiger partial charge in [0.2, 0.25) is 0 Å². The lowest BCUT2D eigenvalue weighted by Gasteiger charge is -2.34. The molecule has 4 nitrogen and oxygen atoms in total. The van der Waals surface area contributed by atoms with Crippen molar-refractivity contribution < 1.29 is 17.9 Å². The molecule has 0 saturated carbocycles. The molecule has 5 rings (SSSR count). The molecular weight excluding hydrogens is 447 g/mol. The number of anilines is 1. The number of fused-ring (bicyclic) bond motifs is 1. The summed E-state index contributed by atoms with van der Waals surface area (Å²) in [6, 6.07) is 15.3. The molecular formula is C25H22F3N3OS. The van der Waals surface area contributed by atoms with Crippen LogP contribution >= 0.6 is 11.8 Å². The molecule has 0 bridgehead atoms. The quantitative estimate of drug-likeness (QED) is 0.408. The molecule has 3 aromatic rings. The van der Waals surface area contributed by atoms with Crippen LogP contribution in [0.5, 0.6) is 5.75 Å². The maximum absolute atomic E-state index is 13.1. The van der Waals surface area contributed by atoms with E-state index in [0.717, 1.165) is 48.3 Å². The van der Waals surface area contributed by atoms with Crippen LogP contribution in [0.4, 0.5) is 18.9 Å². The van der Waals surface area contributed by atoms with Gasteiger partial charge in [-0.15, -0.1) is 11.8 Å². The van der Waals surface area contributed by atoms with E-state index >= 15 is 0 Å². The SMILES string of the molecule is CSc1ccc(OC2CCN(c3ccnc4ccc(C5=CN=C5C(F)(F)F)cc34)CC2)cc1. The third kappa shape index (κ3) is 4.44. The molecule has 1 aromatic heterocycles. The average Bonchev–Trinajstić information content (AvgIpc) is 2.78. The Balaban J connectivity index is 1.32. The number of allylic oxidation sites excluding steroid dienone is 1. The molecule has 0 amide bonds. The highest BCUT2D eigenvalue weighted by atomic mass is 32.2. The van der Waals surface area contributed by atoms with Crippen molar-refractivity contribution in [3.8, 4) is 5.75 Å². The molecule has 2 aliphatic rings. The second-order valence-electron chi connectivity index (χ2n) is 8.06. The van der Waals surface area contributed by atoms with E-state index in [-0.39, 0.29) is 11.7 Å². The van der Waals surface area contributed by atoms with Crippen LogP contribution in [-0.4, -0.2) is 42.3 Å². The number of rotatable bonds is 5. The summed E-state index contributed by atoms with van der Waals surface area (Å²) in [5, 5.41) is 0.844. The number of thioether (sulfide) groups is 1. The predicted octanol–water partition coefficient (Wildman–Crippen LogP) is 6.36. The maximum Gasteiger partial charge on any atom is 0.434 e. The molecule has 2 aliphatic heterocycles. The molecule has 3 heterocycles. The van der Waals surface area contributed by atoms with Gasteiger partial charge in [0.25, 0.3) is 0 Å². The Morgan fingerprint density at radius 1 is 1.03 bits per heavy atom. The Morgan fingerprint density at radius 3 is 2.42 bits per heavy atom. The lowest BCUT2D eigenvalue weighted by Crippen LogP contribution is -2.38. The zero-order valence-electron chi connectivity index (χ0n) is 18.0. The number of nitrogens with zero attached hydrogens (tertiary/aromatic N) is 3. The van der Waals surface area contributed by atoms with Gasteiger partial charge in [0, 0.05) is 59.9 Å². The summed E-state index contributed by atoms with van der Waals surface area (Å²) in [7, 11) is 0. The van der Waals surface area contributed by atoms with E-state index in [4.69, 9.17) is 4.74 Å². The van der Waals surface area contributed by atoms with Gasteiger partial charge in [-0.05, 0) is 54.3 Å². The number of halogens is 3. The van der Waals surface area contributed by atoms with Gasteiger partial charge >= 0.3 is 6.18 Å². The fraction of sp³-hybridized carbons (Fsp3) is 0.280. The fourth-order valence-electron chi connectivity index (χ4n) is 4.27. The number of aromatic nitrogens is 1. The number of ether oxygens (including phenoxy) is 1. The largest absolute Gasteiger partial charge is 0.490 e. The van der Waals surface area contributed by atoms with Gasteiger partial charge in [0.05, 0.1) is 5.52 Å². The van der Waals surface area contributed by atoms with E-state index in [2.05, 4.69) is 27.0 Å². The predicted molar refractivity (Wildman–Crippen MR) is 127 cm³/mol. The topological polar surface area (TPSA) is 37.7 Å². The minimum Gasteiger partial charge on any atom is -0.490 e. The zero-order chi connectivity index (χ0) is 23.0. The van der Waals surface area contributed by atoms with Gasteiger partial charge in [-0.2, -0.15) is 13.2 Å². The first-order valence-electron chi connectivity index (χ1n) is 10.7. The number of hydrogen-bond acceptors (Lipinski definition) is 5. The van der Waals surface area contributed by atoms with Crippen molar-refractivity contribution in [2.45, 2.75) is 30.0 Å². The van der Waals surface area contributed by atoms with Crippen molar-refractivity contribution in [3.63, 3.8) is 0 Å². The highest BCUT2D eigenvalue weighted by Crippen LogP contribution is 2.36. The van der Waals surface area contributed by atoms with Crippen LogP contribution in [-0.2, 0) is 0 Å². The summed E-state index contributed by atoms with van der Waals surface area (Å²) in [5.74, 6) is 0.876. The van der Waals surface area contributed by atoms with E-state index in [1.807, 2.05) is 24.5 Å². The summed E-state index contributed by atoms with van der Waals surface area (Å²) in [6.45, 7) is 1.60. The number of pyridine rings is 1. The van der Waals surface area contributed by atoms with E-state index in [1.54, 1.807) is 36.2 Å². The molecule has 0 unspecified atom stereocenters. The second-order valence-corrected chi connectivity index (χ2v) is 8.94.